The zero-order valence-corrected chi connectivity index (χ0v) is 10.3. The highest BCUT2D eigenvalue weighted by molar-refractivity contribution is 9.10. The van der Waals surface area contributed by atoms with Crippen molar-refractivity contribution in [1.29, 1.82) is 0 Å². The van der Waals surface area contributed by atoms with Crippen LogP contribution in [0.2, 0.25) is 0 Å². The van der Waals surface area contributed by atoms with Gasteiger partial charge in [0.1, 0.15) is 0 Å². The summed E-state index contributed by atoms with van der Waals surface area (Å²) in [7, 11) is 0. The van der Waals surface area contributed by atoms with Crippen LogP contribution in [-0.4, -0.2) is 19.7 Å². The van der Waals surface area contributed by atoms with Crippen molar-refractivity contribution in [2.24, 2.45) is 0 Å². The van der Waals surface area contributed by atoms with E-state index in [1.807, 2.05) is 0 Å². The summed E-state index contributed by atoms with van der Waals surface area (Å²) >= 11 is 6.21. The number of hydrogen-bond donors (Lipinski definition) is 1. The minimum absolute atomic E-state index is 0.0364. The zero-order chi connectivity index (χ0) is 11.0. The number of hydrogen-bond acceptors (Lipinski definition) is 4. The molecule has 0 aromatic carbocycles. The minimum atomic E-state index is -0.519. The van der Waals surface area contributed by atoms with E-state index in [2.05, 4.69) is 46.9 Å². The van der Waals surface area contributed by atoms with E-state index in [4.69, 9.17) is 5.73 Å². The Morgan fingerprint density at radius 3 is 2.67 bits per heavy atom. The van der Waals surface area contributed by atoms with Crippen LogP contribution in [0, 0.1) is 5.82 Å². The number of nitrogen functional groups attached to an aromatic ring is 1. The number of anilines is 1. The molecule has 0 aliphatic carbocycles. The third-order valence-corrected chi connectivity index (χ3v) is 2.52. The van der Waals surface area contributed by atoms with E-state index in [0.717, 1.165) is 0 Å². The van der Waals surface area contributed by atoms with Crippen LogP contribution in [0.5, 0.6) is 0 Å². The Bertz CT molecular complexity index is 512. The molecule has 0 fully saturated rings. The van der Waals surface area contributed by atoms with Gasteiger partial charge in [-0.3, -0.25) is 0 Å². The molecule has 0 amide bonds. The largest absolute Gasteiger partial charge is 0.366 e. The summed E-state index contributed by atoms with van der Waals surface area (Å²) in [4.78, 5) is 7.65. The van der Waals surface area contributed by atoms with Crippen molar-refractivity contribution in [3.05, 3.63) is 27.3 Å². The molecule has 0 aliphatic heterocycles. The number of halogens is 3. The van der Waals surface area contributed by atoms with E-state index >= 15 is 0 Å². The lowest BCUT2D eigenvalue weighted by molar-refractivity contribution is 0.597. The maximum atomic E-state index is 13.5. The second-order valence-corrected chi connectivity index (χ2v) is 4.23. The van der Waals surface area contributed by atoms with Crippen molar-refractivity contribution in [3.8, 4) is 5.82 Å². The average molecular weight is 337 g/mol. The smallest absolute Gasteiger partial charge is 0.241 e. The number of rotatable bonds is 1. The number of pyridine rings is 1. The van der Waals surface area contributed by atoms with Crippen LogP contribution in [0.4, 0.5) is 10.3 Å². The van der Waals surface area contributed by atoms with Crippen LogP contribution in [0.15, 0.2) is 21.5 Å². The Labute approximate surface area is 101 Å². The average Bonchev–Trinajstić information content (AvgIpc) is 2.45. The molecule has 0 radical (unpaired) electrons. The lowest BCUT2D eigenvalue weighted by Gasteiger charge is -2.01. The lowest BCUT2D eigenvalue weighted by atomic mass is 10.4. The third-order valence-electron chi connectivity index (χ3n) is 1.57. The van der Waals surface area contributed by atoms with E-state index in [1.165, 1.54) is 16.9 Å². The molecule has 15 heavy (non-hydrogen) atoms. The van der Waals surface area contributed by atoms with Gasteiger partial charge >= 0.3 is 0 Å². The highest BCUT2D eigenvalue weighted by Gasteiger charge is 2.12. The molecule has 0 bridgehead atoms. The molecule has 0 aliphatic rings. The minimum Gasteiger partial charge on any atom is -0.366 e. The number of nitrogens with zero attached hydrogens (tertiary/aromatic N) is 4. The Hall–Kier alpha value is -1.02. The van der Waals surface area contributed by atoms with Crippen molar-refractivity contribution in [2.75, 3.05) is 5.73 Å². The molecule has 2 N–H and O–H groups in total. The van der Waals surface area contributed by atoms with Gasteiger partial charge in [-0.05, 0) is 37.9 Å². The standard InChI is InChI=1S/C7H4Br2FN5/c8-3-1-4(10)5(12-2-3)15-6(9)13-7(11)14-15/h1-2H,(H2,11,14). The van der Waals surface area contributed by atoms with Gasteiger partial charge in [0.05, 0.1) is 0 Å². The van der Waals surface area contributed by atoms with E-state index in [9.17, 15) is 4.39 Å². The van der Waals surface area contributed by atoms with E-state index in [1.54, 1.807) is 0 Å². The first-order valence-electron chi connectivity index (χ1n) is 3.77. The van der Waals surface area contributed by atoms with Crippen molar-refractivity contribution in [2.45, 2.75) is 0 Å². The predicted molar refractivity (Wildman–Crippen MR) is 58.9 cm³/mol. The van der Waals surface area contributed by atoms with Crippen LogP contribution < -0.4 is 5.73 Å². The van der Waals surface area contributed by atoms with Gasteiger partial charge in [0, 0.05) is 10.7 Å². The topological polar surface area (TPSA) is 69.6 Å². The van der Waals surface area contributed by atoms with Crippen molar-refractivity contribution in [3.63, 3.8) is 0 Å². The molecule has 8 heteroatoms. The number of nitrogens with two attached hydrogens (primary N) is 1. The molecule has 2 aromatic rings. The summed E-state index contributed by atoms with van der Waals surface area (Å²) in [5.74, 6) is -0.435. The van der Waals surface area contributed by atoms with Gasteiger partial charge in [0.15, 0.2) is 11.6 Å². The first kappa shape index (κ1) is 10.5. The summed E-state index contributed by atoms with van der Waals surface area (Å²) < 4.78 is 15.5. The molecule has 5 nitrogen and oxygen atoms in total. The third kappa shape index (κ3) is 2.00. The first-order valence-corrected chi connectivity index (χ1v) is 5.36. The van der Waals surface area contributed by atoms with Crippen LogP contribution in [0.3, 0.4) is 0 Å². The quantitative estimate of drug-likeness (QED) is 0.863. The van der Waals surface area contributed by atoms with Crippen LogP contribution in [0.25, 0.3) is 5.82 Å². The van der Waals surface area contributed by atoms with Gasteiger partial charge in [-0.25, -0.2) is 9.37 Å². The predicted octanol–water partition coefficient (Wildman–Crippen LogP) is 1.91. The van der Waals surface area contributed by atoms with Crippen molar-refractivity contribution in [1.82, 2.24) is 19.7 Å². The molecule has 0 atom stereocenters. The van der Waals surface area contributed by atoms with Gasteiger partial charge < -0.3 is 5.73 Å². The van der Waals surface area contributed by atoms with Gasteiger partial charge in [-0.15, -0.1) is 5.10 Å². The maximum Gasteiger partial charge on any atom is 0.241 e. The van der Waals surface area contributed by atoms with E-state index in [0.29, 0.717) is 9.21 Å². The van der Waals surface area contributed by atoms with Crippen molar-refractivity contribution < 1.29 is 4.39 Å². The van der Waals surface area contributed by atoms with Gasteiger partial charge in [0.25, 0.3) is 0 Å². The highest BCUT2D eigenvalue weighted by atomic mass is 79.9. The second kappa shape index (κ2) is 3.86. The van der Waals surface area contributed by atoms with Gasteiger partial charge in [0.2, 0.25) is 10.7 Å². The molecule has 0 unspecified atom stereocenters. The molecule has 0 spiro atoms. The molecule has 2 rings (SSSR count). The fourth-order valence-corrected chi connectivity index (χ4v) is 1.74. The molecular formula is C7H4Br2FN5. The summed E-state index contributed by atoms with van der Waals surface area (Å²) in [6, 6.07) is 1.28. The zero-order valence-electron chi connectivity index (χ0n) is 7.15. The normalized spacial score (nSPS) is 10.6. The summed E-state index contributed by atoms with van der Waals surface area (Å²) in [5, 5.41) is 3.79. The number of aromatic nitrogens is 4. The van der Waals surface area contributed by atoms with Crippen molar-refractivity contribution >= 4 is 37.8 Å². The van der Waals surface area contributed by atoms with Gasteiger partial charge in [-0.2, -0.15) is 9.67 Å². The summed E-state index contributed by atoms with van der Waals surface area (Å²) in [6.07, 6.45) is 1.46. The Morgan fingerprint density at radius 2 is 2.13 bits per heavy atom. The van der Waals surface area contributed by atoms with Crippen LogP contribution >= 0.6 is 31.9 Å². The molecule has 2 aromatic heterocycles. The second-order valence-electron chi connectivity index (χ2n) is 2.61. The first-order chi connectivity index (χ1) is 7.08. The fourth-order valence-electron chi connectivity index (χ4n) is 1.01. The van der Waals surface area contributed by atoms with Gasteiger partial charge in [-0.1, -0.05) is 0 Å². The Morgan fingerprint density at radius 1 is 1.40 bits per heavy atom. The summed E-state index contributed by atoms with van der Waals surface area (Å²) in [6.45, 7) is 0. The molecular weight excluding hydrogens is 333 g/mol. The van der Waals surface area contributed by atoms with Crippen LogP contribution in [0.1, 0.15) is 0 Å². The SMILES string of the molecule is Nc1nc(Br)n(-c2ncc(Br)cc2F)n1. The molecule has 78 valence electrons. The molecule has 2 heterocycles. The Kier molecular flexibility index (Phi) is 2.70. The monoisotopic (exact) mass is 335 g/mol. The fraction of sp³-hybridized carbons (Fsp3) is 0. The van der Waals surface area contributed by atoms with E-state index in [-0.39, 0.29) is 11.8 Å². The summed E-state index contributed by atoms with van der Waals surface area (Å²) in [5.41, 5.74) is 5.36. The lowest BCUT2D eigenvalue weighted by Crippen LogP contribution is -2.03. The maximum absolute atomic E-state index is 13.5. The van der Waals surface area contributed by atoms with E-state index < -0.39 is 5.82 Å². The Balaban J connectivity index is 2.59. The van der Waals surface area contributed by atoms with Crippen LogP contribution in [-0.2, 0) is 0 Å². The highest BCUT2D eigenvalue weighted by Crippen LogP contribution is 2.19. The molecule has 0 saturated heterocycles. The molecule has 0 saturated carbocycles.